The fourth-order valence-electron chi connectivity index (χ4n) is 1.93. The van der Waals surface area contributed by atoms with Crippen LogP contribution in [-0.2, 0) is 9.59 Å². The lowest BCUT2D eigenvalue weighted by Crippen LogP contribution is -2.40. The van der Waals surface area contributed by atoms with Crippen LogP contribution in [0.3, 0.4) is 0 Å². The van der Waals surface area contributed by atoms with Crippen molar-refractivity contribution in [1.82, 2.24) is 5.32 Å². The molecule has 92 valence electrons. The molecule has 0 aromatic carbocycles. The van der Waals surface area contributed by atoms with Crippen molar-refractivity contribution in [3.8, 4) is 0 Å². The van der Waals surface area contributed by atoms with Crippen LogP contribution in [0.25, 0.3) is 0 Å². The van der Waals surface area contributed by atoms with Crippen LogP contribution in [0.1, 0.15) is 19.3 Å². The van der Waals surface area contributed by atoms with Gasteiger partial charge in [-0.05, 0) is 18.8 Å². The highest BCUT2D eigenvalue weighted by atomic mass is 19.4. The Morgan fingerprint density at radius 2 is 1.94 bits per heavy atom. The van der Waals surface area contributed by atoms with E-state index in [9.17, 15) is 22.8 Å². The summed E-state index contributed by atoms with van der Waals surface area (Å²) in [7, 11) is 0. The van der Waals surface area contributed by atoms with Gasteiger partial charge >= 0.3 is 18.1 Å². The Morgan fingerprint density at radius 1 is 1.31 bits per heavy atom. The third-order valence-corrected chi connectivity index (χ3v) is 2.76. The van der Waals surface area contributed by atoms with Crippen molar-refractivity contribution in [2.75, 3.05) is 6.54 Å². The number of hydrogen-bond donors (Lipinski definition) is 2. The summed E-state index contributed by atoms with van der Waals surface area (Å²) in [5.74, 6) is -4.07. The first kappa shape index (κ1) is 12.8. The van der Waals surface area contributed by atoms with E-state index in [4.69, 9.17) is 5.11 Å². The molecule has 0 radical (unpaired) electrons. The Kier molecular flexibility index (Phi) is 3.77. The van der Waals surface area contributed by atoms with Crippen molar-refractivity contribution in [3.05, 3.63) is 0 Å². The molecule has 2 atom stereocenters. The van der Waals surface area contributed by atoms with Crippen molar-refractivity contribution in [2.24, 2.45) is 11.8 Å². The number of carboxylic acids is 1. The average Bonchev–Trinajstić information content (AvgIpc) is 2.60. The summed E-state index contributed by atoms with van der Waals surface area (Å²) in [6, 6.07) is 0. The summed E-state index contributed by atoms with van der Waals surface area (Å²) in [6.45, 7) is -0.227. The molecule has 0 unspecified atom stereocenters. The minimum atomic E-state index is -4.91. The van der Waals surface area contributed by atoms with Crippen molar-refractivity contribution in [3.63, 3.8) is 0 Å². The maximum atomic E-state index is 11.9. The molecule has 1 amide bonds. The van der Waals surface area contributed by atoms with Gasteiger partial charge in [-0.15, -0.1) is 0 Å². The van der Waals surface area contributed by atoms with E-state index in [0.717, 1.165) is 0 Å². The minimum Gasteiger partial charge on any atom is -0.481 e. The second-order valence-electron chi connectivity index (χ2n) is 3.84. The molecule has 4 nitrogen and oxygen atoms in total. The second-order valence-corrected chi connectivity index (χ2v) is 3.84. The van der Waals surface area contributed by atoms with Gasteiger partial charge in [0, 0.05) is 6.54 Å². The Balaban J connectivity index is 2.43. The highest BCUT2D eigenvalue weighted by molar-refractivity contribution is 5.81. The van der Waals surface area contributed by atoms with Gasteiger partial charge in [0.05, 0.1) is 5.92 Å². The standard InChI is InChI=1S/C9H12F3NO3/c10-9(11,12)8(16)13-4-5-2-1-3-6(5)7(14)15/h5-6H,1-4H2,(H,13,16)(H,14,15)/t5-,6-/m1/s1. The third kappa shape index (κ3) is 3.11. The quantitative estimate of drug-likeness (QED) is 0.776. The van der Waals surface area contributed by atoms with Gasteiger partial charge in [-0.3, -0.25) is 9.59 Å². The van der Waals surface area contributed by atoms with Crippen LogP contribution in [-0.4, -0.2) is 29.7 Å². The molecule has 1 aliphatic rings. The second kappa shape index (κ2) is 4.71. The van der Waals surface area contributed by atoms with Gasteiger partial charge in [-0.1, -0.05) is 6.42 Å². The van der Waals surface area contributed by atoms with Gasteiger partial charge in [-0.2, -0.15) is 13.2 Å². The number of rotatable bonds is 3. The molecule has 1 saturated carbocycles. The maximum absolute atomic E-state index is 11.9. The Morgan fingerprint density at radius 3 is 2.44 bits per heavy atom. The first-order valence-electron chi connectivity index (χ1n) is 4.90. The lowest BCUT2D eigenvalue weighted by molar-refractivity contribution is -0.173. The monoisotopic (exact) mass is 239 g/mol. The van der Waals surface area contributed by atoms with Gasteiger partial charge in [0.25, 0.3) is 0 Å². The summed E-state index contributed by atoms with van der Waals surface area (Å²) >= 11 is 0. The molecule has 7 heteroatoms. The molecule has 1 aliphatic carbocycles. The predicted molar refractivity (Wildman–Crippen MR) is 47.5 cm³/mol. The van der Waals surface area contributed by atoms with Crippen LogP contribution in [0.2, 0.25) is 0 Å². The normalized spacial score (nSPS) is 25.4. The number of carbonyl (C=O) groups is 2. The minimum absolute atomic E-state index is 0.227. The molecule has 16 heavy (non-hydrogen) atoms. The highest BCUT2D eigenvalue weighted by Gasteiger charge is 2.40. The summed E-state index contributed by atoms with van der Waals surface area (Å²) in [4.78, 5) is 21.2. The Labute approximate surface area is 89.8 Å². The largest absolute Gasteiger partial charge is 0.481 e. The maximum Gasteiger partial charge on any atom is 0.471 e. The summed E-state index contributed by atoms with van der Waals surface area (Å²) < 4.78 is 35.6. The van der Waals surface area contributed by atoms with Crippen molar-refractivity contribution in [2.45, 2.75) is 25.4 Å². The molecule has 0 aromatic rings. The molecule has 0 heterocycles. The highest BCUT2D eigenvalue weighted by Crippen LogP contribution is 2.31. The van der Waals surface area contributed by atoms with Crippen LogP contribution >= 0.6 is 0 Å². The predicted octanol–water partition coefficient (Wildman–Crippen LogP) is 1.17. The zero-order chi connectivity index (χ0) is 12.3. The fraction of sp³-hybridized carbons (Fsp3) is 0.778. The molecule has 0 spiro atoms. The smallest absolute Gasteiger partial charge is 0.471 e. The van der Waals surface area contributed by atoms with E-state index in [1.165, 1.54) is 0 Å². The first-order valence-corrected chi connectivity index (χ1v) is 4.90. The summed E-state index contributed by atoms with van der Waals surface area (Å²) in [5, 5.41) is 10.5. The Bertz CT molecular complexity index is 290. The van der Waals surface area contributed by atoms with Crippen LogP contribution in [0.15, 0.2) is 0 Å². The van der Waals surface area contributed by atoms with E-state index in [0.29, 0.717) is 19.3 Å². The molecule has 0 saturated heterocycles. The van der Waals surface area contributed by atoms with Gasteiger partial charge in [0.1, 0.15) is 0 Å². The molecule has 0 bridgehead atoms. The van der Waals surface area contributed by atoms with E-state index >= 15 is 0 Å². The topological polar surface area (TPSA) is 66.4 Å². The summed E-state index contributed by atoms with van der Waals surface area (Å²) in [5.41, 5.74) is 0. The number of nitrogens with one attached hydrogen (secondary N) is 1. The zero-order valence-electron chi connectivity index (χ0n) is 8.38. The van der Waals surface area contributed by atoms with E-state index in [1.807, 2.05) is 0 Å². The number of alkyl halides is 3. The van der Waals surface area contributed by atoms with Gasteiger partial charge in [-0.25, -0.2) is 0 Å². The first-order chi connectivity index (χ1) is 7.32. The third-order valence-electron chi connectivity index (χ3n) is 2.76. The van der Waals surface area contributed by atoms with E-state index < -0.39 is 29.9 Å². The molecule has 0 aliphatic heterocycles. The summed E-state index contributed by atoms with van der Waals surface area (Å²) in [6.07, 6.45) is -3.24. The van der Waals surface area contributed by atoms with Gasteiger partial charge in [0.2, 0.25) is 0 Å². The Hall–Kier alpha value is -1.27. The zero-order valence-corrected chi connectivity index (χ0v) is 8.38. The lowest BCUT2D eigenvalue weighted by Gasteiger charge is -2.16. The molecule has 1 fully saturated rings. The van der Waals surface area contributed by atoms with Crippen molar-refractivity contribution < 1.29 is 27.9 Å². The van der Waals surface area contributed by atoms with Gasteiger partial charge in [0.15, 0.2) is 0 Å². The van der Waals surface area contributed by atoms with Crippen molar-refractivity contribution in [1.29, 1.82) is 0 Å². The lowest BCUT2D eigenvalue weighted by atomic mass is 9.96. The number of hydrogen-bond acceptors (Lipinski definition) is 2. The number of aliphatic carboxylic acids is 1. The number of amides is 1. The average molecular weight is 239 g/mol. The number of halogens is 3. The fourth-order valence-corrected chi connectivity index (χ4v) is 1.93. The van der Waals surface area contributed by atoms with Crippen LogP contribution in [0, 0.1) is 11.8 Å². The van der Waals surface area contributed by atoms with Crippen LogP contribution in [0.4, 0.5) is 13.2 Å². The van der Waals surface area contributed by atoms with E-state index in [-0.39, 0.29) is 6.54 Å². The number of carboxylic acid groups (broad SMARTS) is 1. The molecule has 0 aromatic heterocycles. The van der Waals surface area contributed by atoms with Gasteiger partial charge < -0.3 is 10.4 Å². The molecular weight excluding hydrogens is 227 g/mol. The van der Waals surface area contributed by atoms with Crippen LogP contribution < -0.4 is 5.32 Å². The molecular formula is C9H12F3NO3. The van der Waals surface area contributed by atoms with Crippen molar-refractivity contribution >= 4 is 11.9 Å². The van der Waals surface area contributed by atoms with E-state index in [2.05, 4.69) is 0 Å². The van der Waals surface area contributed by atoms with E-state index in [1.54, 1.807) is 5.32 Å². The molecule has 1 rings (SSSR count). The number of carbonyl (C=O) groups excluding carboxylic acids is 1. The molecule has 2 N–H and O–H groups in total. The SMILES string of the molecule is O=C(O)[C@@H]1CCC[C@@H]1CNC(=O)C(F)(F)F. The van der Waals surface area contributed by atoms with Crippen LogP contribution in [0.5, 0.6) is 0 Å².